The number of aryl methyl sites for hydroxylation is 1. The van der Waals surface area contributed by atoms with E-state index < -0.39 is 0 Å². The molecule has 1 aromatic rings. The standard InChI is InChI=1S/C21H35N3O3/c1-5-26-20-8-7-18(15-17(20)2)16-23-21(22-3)24-11-9-19(10-12-24)27-14-6-13-25-4/h7-8,15,19H,5-6,9-14,16H2,1-4H3,(H,22,23). The van der Waals surface area contributed by atoms with E-state index in [0.29, 0.717) is 12.7 Å². The summed E-state index contributed by atoms with van der Waals surface area (Å²) in [6, 6.07) is 6.33. The smallest absolute Gasteiger partial charge is 0.193 e. The lowest BCUT2D eigenvalue weighted by molar-refractivity contribution is 0.00989. The molecule has 1 saturated heterocycles. The van der Waals surface area contributed by atoms with Crippen LogP contribution in [-0.2, 0) is 16.0 Å². The summed E-state index contributed by atoms with van der Waals surface area (Å²) in [6.45, 7) is 9.02. The minimum absolute atomic E-state index is 0.352. The highest BCUT2D eigenvalue weighted by atomic mass is 16.5. The summed E-state index contributed by atoms with van der Waals surface area (Å²) >= 11 is 0. The fourth-order valence-corrected chi connectivity index (χ4v) is 3.34. The van der Waals surface area contributed by atoms with E-state index in [0.717, 1.165) is 69.4 Å². The van der Waals surface area contributed by atoms with Crippen LogP contribution in [0.1, 0.15) is 37.3 Å². The van der Waals surface area contributed by atoms with Gasteiger partial charge in [-0.15, -0.1) is 0 Å². The highest BCUT2D eigenvalue weighted by molar-refractivity contribution is 5.80. The van der Waals surface area contributed by atoms with E-state index in [1.807, 2.05) is 20.0 Å². The van der Waals surface area contributed by atoms with Gasteiger partial charge in [-0.05, 0) is 50.3 Å². The zero-order valence-corrected chi connectivity index (χ0v) is 17.3. The van der Waals surface area contributed by atoms with Gasteiger partial charge in [-0.3, -0.25) is 4.99 Å². The summed E-state index contributed by atoms with van der Waals surface area (Å²) in [5.74, 6) is 1.91. The Morgan fingerprint density at radius 3 is 2.67 bits per heavy atom. The van der Waals surface area contributed by atoms with Crippen LogP contribution in [0.15, 0.2) is 23.2 Å². The molecule has 1 aliphatic heterocycles. The number of nitrogens with zero attached hydrogens (tertiary/aromatic N) is 2. The Labute approximate surface area is 163 Å². The van der Waals surface area contributed by atoms with Crippen LogP contribution in [0.5, 0.6) is 5.75 Å². The molecule has 0 aromatic heterocycles. The number of aliphatic imine (C=N–C) groups is 1. The average Bonchev–Trinajstić information content (AvgIpc) is 2.69. The topological polar surface area (TPSA) is 55.3 Å². The van der Waals surface area contributed by atoms with Crippen LogP contribution in [0.3, 0.4) is 0 Å². The Balaban J connectivity index is 1.77. The molecule has 152 valence electrons. The number of methoxy groups -OCH3 is 1. The first-order chi connectivity index (χ1) is 13.2. The van der Waals surface area contributed by atoms with Crippen molar-refractivity contribution in [2.45, 2.75) is 45.8 Å². The fourth-order valence-electron chi connectivity index (χ4n) is 3.34. The molecule has 1 aliphatic rings. The molecule has 6 heteroatoms. The van der Waals surface area contributed by atoms with Crippen molar-refractivity contribution in [2.75, 3.05) is 47.1 Å². The third kappa shape index (κ3) is 7.03. The third-order valence-corrected chi connectivity index (χ3v) is 4.79. The molecular weight excluding hydrogens is 342 g/mol. The largest absolute Gasteiger partial charge is 0.494 e. The van der Waals surface area contributed by atoms with Gasteiger partial charge >= 0.3 is 0 Å². The van der Waals surface area contributed by atoms with Crippen LogP contribution >= 0.6 is 0 Å². The zero-order valence-electron chi connectivity index (χ0n) is 17.3. The molecule has 0 amide bonds. The first-order valence-corrected chi connectivity index (χ1v) is 9.96. The molecule has 1 N–H and O–H groups in total. The van der Waals surface area contributed by atoms with Crippen molar-refractivity contribution in [3.63, 3.8) is 0 Å². The quantitative estimate of drug-likeness (QED) is 0.407. The number of likely N-dealkylation sites (tertiary alicyclic amines) is 1. The van der Waals surface area contributed by atoms with Gasteiger partial charge in [0.15, 0.2) is 5.96 Å². The van der Waals surface area contributed by atoms with Crippen LogP contribution in [0.25, 0.3) is 0 Å². The van der Waals surface area contributed by atoms with Crippen LogP contribution in [0.4, 0.5) is 0 Å². The van der Waals surface area contributed by atoms with E-state index in [4.69, 9.17) is 14.2 Å². The average molecular weight is 378 g/mol. The number of ether oxygens (including phenoxy) is 3. The van der Waals surface area contributed by atoms with Crippen LogP contribution in [0, 0.1) is 6.92 Å². The van der Waals surface area contributed by atoms with Crippen molar-refractivity contribution in [2.24, 2.45) is 4.99 Å². The van der Waals surface area contributed by atoms with Crippen molar-refractivity contribution >= 4 is 5.96 Å². The molecule has 0 unspecified atom stereocenters. The number of hydrogen-bond donors (Lipinski definition) is 1. The molecule has 2 rings (SSSR count). The number of hydrogen-bond acceptors (Lipinski definition) is 4. The molecule has 0 radical (unpaired) electrons. The summed E-state index contributed by atoms with van der Waals surface area (Å²) in [7, 11) is 3.57. The molecule has 6 nitrogen and oxygen atoms in total. The van der Waals surface area contributed by atoms with E-state index in [9.17, 15) is 0 Å². The van der Waals surface area contributed by atoms with Crippen molar-refractivity contribution in [1.82, 2.24) is 10.2 Å². The maximum absolute atomic E-state index is 5.94. The number of rotatable bonds is 9. The van der Waals surface area contributed by atoms with Crippen molar-refractivity contribution in [3.8, 4) is 5.75 Å². The molecule has 1 aromatic carbocycles. The molecule has 0 bridgehead atoms. The number of guanidine groups is 1. The monoisotopic (exact) mass is 377 g/mol. The van der Waals surface area contributed by atoms with Crippen LogP contribution in [-0.4, -0.2) is 64.0 Å². The van der Waals surface area contributed by atoms with Gasteiger partial charge in [0.1, 0.15) is 5.75 Å². The first-order valence-electron chi connectivity index (χ1n) is 9.96. The van der Waals surface area contributed by atoms with E-state index in [1.165, 1.54) is 5.56 Å². The van der Waals surface area contributed by atoms with E-state index in [1.54, 1.807) is 7.11 Å². The van der Waals surface area contributed by atoms with Crippen LogP contribution in [0.2, 0.25) is 0 Å². The maximum atomic E-state index is 5.94. The molecular formula is C21H35N3O3. The van der Waals surface area contributed by atoms with E-state index in [2.05, 4.69) is 34.3 Å². The normalized spacial score (nSPS) is 15.9. The lowest BCUT2D eigenvalue weighted by Gasteiger charge is -2.34. The predicted octanol–water partition coefficient (Wildman–Crippen LogP) is 2.99. The lowest BCUT2D eigenvalue weighted by Crippen LogP contribution is -2.46. The SMILES string of the molecule is CCOc1ccc(CNC(=NC)N2CCC(OCCCOC)CC2)cc1C. The minimum Gasteiger partial charge on any atom is -0.494 e. The summed E-state index contributed by atoms with van der Waals surface area (Å²) in [5, 5.41) is 3.49. The van der Waals surface area contributed by atoms with Gasteiger partial charge in [-0.25, -0.2) is 0 Å². The van der Waals surface area contributed by atoms with Crippen molar-refractivity contribution in [3.05, 3.63) is 29.3 Å². The van der Waals surface area contributed by atoms with E-state index in [-0.39, 0.29) is 0 Å². The third-order valence-electron chi connectivity index (χ3n) is 4.79. The Hall–Kier alpha value is -1.79. The highest BCUT2D eigenvalue weighted by Crippen LogP contribution is 2.19. The number of nitrogens with one attached hydrogen (secondary N) is 1. The Morgan fingerprint density at radius 1 is 1.26 bits per heavy atom. The molecule has 0 aliphatic carbocycles. The first kappa shape index (κ1) is 21.5. The van der Waals surface area contributed by atoms with Gasteiger partial charge in [0.2, 0.25) is 0 Å². The summed E-state index contributed by atoms with van der Waals surface area (Å²) in [4.78, 5) is 6.77. The van der Waals surface area contributed by atoms with Gasteiger partial charge in [0.25, 0.3) is 0 Å². The van der Waals surface area contributed by atoms with Gasteiger partial charge in [-0.2, -0.15) is 0 Å². The van der Waals surface area contributed by atoms with Crippen LogP contribution < -0.4 is 10.1 Å². The predicted molar refractivity (Wildman–Crippen MR) is 110 cm³/mol. The summed E-state index contributed by atoms with van der Waals surface area (Å²) < 4.78 is 16.6. The Kier molecular flexibility index (Phi) is 9.42. The lowest BCUT2D eigenvalue weighted by atomic mass is 10.1. The Morgan fingerprint density at radius 2 is 2.04 bits per heavy atom. The highest BCUT2D eigenvalue weighted by Gasteiger charge is 2.21. The maximum Gasteiger partial charge on any atom is 0.193 e. The second-order valence-corrected chi connectivity index (χ2v) is 6.84. The molecule has 0 saturated carbocycles. The van der Waals surface area contributed by atoms with Gasteiger partial charge in [0, 0.05) is 47.0 Å². The van der Waals surface area contributed by atoms with Crippen molar-refractivity contribution < 1.29 is 14.2 Å². The molecule has 1 fully saturated rings. The molecule has 1 heterocycles. The summed E-state index contributed by atoms with van der Waals surface area (Å²) in [6.07, 6.45) is 3.39. The Bertz CT molecular complexity index is 584. The fraction of sp³-hybridized carbons (Fsp3) is 0.667. The van der Waals surface area contributed by atoms with Gasteiger partial charge in [0.05, 0.1) is 12.7 Å². The minimum atomic E-state index is 0.352. The molecule has 27 heavy (non-hydrogen) atoms. The number of benzene rings is 1. The van der Waals surface area contributed by atoms with Crippen molar-refractivity contribution in [1.29, 1.82) is 0 Å². The van der Waals surface area contributed by atoms with E-state index >= 15 is 0 Å². The summed E-state index contributed by atoms with van der Waals surface area (Å²) in [5.41, 5.74) is 2.39. The second kappa shape index (κ2) is 11.8. The van der Waals surface area contributed by atoms with Gasteiger partial charge < -0.3 is 24.4 Å². The van der Waals surface area contributed by atoms with Gasteiger partial charge in [-0.1, -0.05) is 12.1 Å². The zero-order chi connectivity index (χ0) is 19.5. The second-order valence-electron chi connectivity index (χ2n) is 6.84. The molecule has 0 spiro atoms. The number of piperidine rings is 1. The molecule has 0 atom stereocenters.